The molecule has 2 aliphatic heterocycles. The number of nitrogens with one attached hydrogen (secondary N) is 1. The monoisotopic (exact) mass is 814 g/mol. The van der Waals surface area contributed by atoms with Crippen molar-refractivity contribution < 1.29 is 13.9 Å². The van der Waals surface area contributed by atoms with E-state index >= 15 is 0 Å². The highest BCUT2D eigenvalue weighted by molar-refractivity contribution is 7.19. The molecule has 8 rings (SSSR count). The molecule has 7 nitrogen and oxygen atoms in total. The molecule has 0 aliphatic carbocycles. The lowest BCUT2D eigenvalue weighted by molar-refractivity contribution is -0.712. The van der Waals surface area contributed by atoms with Crippen molar-refractivity contribution in [3.63, 3.8) is 0 Å². The van der Waals surface area contributed by atoms with Crippen molar-refractivity contribution in [1.82, 2.24) is 4.90 Å². The van der Waals surface area contributed by atoms with E-state index in [1.54, 1.807) is 22.7 Å². The van der Waals surface area contributed by atoms with Gasteiger partial charge in [-0.15, -0.1) is 0 Å². The quantitative estimate of drug-likeness (QED) is 0.0875. The normalized spacial score (nSPS) is 16.5. The second kappa shape index (κ2) is 17.5. The molecule has 1 N–H and O–H groups in total. The van der Waals surface area contributed by atoms with Crippen LogP contribution in [0.2, 0.25) is 0 Å². The Bertz CT molecular complexity index is 2720. The van der Waals surface area contributed by atoms with Gasteiger partial charge in [-0.1, -0.05) is 123 Å². The van der Waals surface area contributed by atoms with E-state index in [2.05, 4.69) is 133 Å². The standard InChI is InChI=1S/C50H50N6OS2/c1-6-8-16-35(7-2)32-57-38-25-23-37(24-26-38)53-28-27-33(3)47(41(31-52)49-54(5)42-19-12-14-21-45(42)58-49)39-29-44-40(30-51)50-56(43-20-13-15-22-46(43)59-50)34(4)55(44)48(39)36-17-10-9-11-18-36/h9-15,17-28,33-35,53H,6-8,16,29,32H2,1-5H3/q+2/b28-27-. The van der Waals surface area contributed by atoms with Gasteiger partial charge in [0.1, 0.15) is 39.9 Å². The second-order valence-electron chi connectivity index (χ2n) is 15.4. The summed E-state index contributed by atoms with van der Waals surface area (Å²) >= 11 is 3.31. The van der Waals surface area contributed by atoms with Crippen molar-refractivity contribution in [1.29, 1.82) is 10.5 Å². The second-order valence-corrected chi connectivity index (χ2v) is 17.5. The van der Waals surface area contributed by atoms with Crippen LogP contribution in [0.25, 0.3) is 37.3 Å². The first-order valence-electron chi connectivity index (χ1n) is 20.7. The van der Waals surface area contributed by atoms with Gasteiger partial charge in [0.2, 0.25) is 17.2 Å². The van der Waals surface area contributed by atoms with Crippen molar-refractivity contribution in [3.8, 4) is 17.9 Å². The van der Waals surface area contributed by atoms with Gasteiger partial charge in [0.15, 0.2) is 5.57 Å². The van der Waals surface area contributed by atoms with Gasteiger partial charge in [0.05, 0.1) is 18.0 Å². The number of allylic oxidation sites excluding steroid dienone is 5. The van der Waals surface area contributed by atoms with E-state index in [4.69, 9.17) is 4.74 Å². The van der Waals surface area contributed by atoms with Gasteiger partial charge in [-0.25, -0.2) is 0 Å². The molecule has 9 heteroatoms. The average Bonchev–Trinajstić information content (AvgIpc) is 3.96. The lowest BCUT2D eigenvalue weighted by Crippen LogP contribution is -2.50. The van der Waals surface area contributed by atoms with Crippen molar-refractivity contribution in [3.05, 3.63) is 148 Å². The molecule has 3 unspecified atom stereocenters. The zero-order chi connectivity index (χ0) is 41.0. The fourth-order valence-corrected chi connectivity index (χ4v) is 11.0. The highest BCUT2D eigenvalue weighted by Crippen LogP contribution is 2.52. The van der Waals surface area contributed by atoms with Crippen molar-refractivity contribution in [2.45, 2.75) is 66.0 Å². The summed E-state index contributed by atoms with van der Waals surface area (Å²) in [5.41, 5.74) is 9.53. The molecular formula is C50H50N6OS2+2. The fourth-order valence-electron chi connectivity index (χ4n) is 8.61. The van der Waals surface area contributed by atoms with Crippen LogP contribution in [0.15, 0.2) is 132 Å². The molecule has 0 saturated heterocycles. The minimum atomic E-state index is -0.182. The SMILES string of the molecule is CCCCC(CC)COc1ccc(N/C=C\C(C)/C(C2=C(c3ccccc3)N3C(=C(C#N)c4sc5ccccc5[n+]4C3C)C2)=C(/C#N)c2sc3ccccc3[n+]2C)cc1. The Labute approximate surface area is 355 Å². The summed E-state index contributed by atoms with van der Waals surface area (Å²) in [6.07, 6.45) is 9.31. The highest BCUT2D eigenvalue weighted by atomic mass is 32.1. The van der Waals surface area contributed by atoms with Crippen LogP contribution in [-0.4, -0.2) is 11.5 Å². The third-order valence-electron chi connectivity index (χ3n) is 11.8. The Morgan fingerprint density at radius 2 is 1.63 bits per heavy atom. The Kier molecular flexibility index (Phi) is 11.8. The number of hydrogen-bond donors (Lipinski definition) is 1. The van der Waals surface area contributed by atoms with E-state index in [0.29, 0.717) is 23.5 Å². The molecule has 2 aromatic heterocycles. The maximum absolute atomic E-state index is 11.3. The Hall–Kier alpha value is -6.00. The zero-order valence-corrected chi connectivity index (χ0v) is 36.0. The lowest BCUT2D eigenvalue weighted by atomic mass is 9.86. The van der Waals surface area contributed by atoms with Gasteiger partial charge in [0, 0.05) is 37.1 Å². The number of nitrogens with zero attached hydrogens (tertiary/aromatic N) is 5. The number of hydrogen-bond acceptors (Lipinski definition) is 7. The maximum atomic E-state index is 11.3. The molecule has 0 bridgehead atoms. The molecule has 0 radical (unpaired) electrons. The summed E-state index contributed by atoms with van der Waals surface area (Å²) in [6, 6.07) is 40.7. The van der Waals surface area contributed by atoms with E-state index in [9.17, 15) is 10.5 Å². The van der Waals surface area contributed by atoms with Crippen LogP contribution in [0.1, 0.15) is 81.5 Å². The van der Waals surface area contributed by atoms with Crippen LogP contribution in [0.4, 0.5) is 5.69 Å². The number of nitriles is 2. The van der Waals surface area contributed by atoms with Gasteiger partial charge in [-0.3, -0.25) is 4.90 Å². The fraction of sp³-hybridized carbons (Fsp3) is 0.280. The van der Waals surface area contributed by atoms with E-state index in [0.717, 1.165) is 83.0 Å². The molecule has 0 spiro atoms. The van der Waals surface area contributed by atoms with E-state index in [1.807, 2.05) is 48.7 Å². The largest absolute Gasteiger partial charge is 0.493 e. The van der Waals surface area contributed by atoms with E-state index in [1.165, 1.54) is 19.3 Å². The molecular weight excluding hydrogens is 765 g/mol. The molecule has 0 saturated carbocycles. The van der Waals surface area contributed by atoms with Crippen LogP contribution in [0.3, 0.4) is 0 Å². The Balaban J connectivity index is 1.23. The number of aromatic nitrogens is 2. The predicted octanol–water partition coefficient (Wildman–Crippen LogP) is 11.9. The molecule has 4 aromatic carbocycles. The molecule has 0 amide bonds. The molecule has 59 heavy (non-hydrogen) atoms. The zero-order valence-electron chi connectivity index (χ0n) is 34.4. The third-order valence-corrected chi connectivity index (χ3v) is 14.1. The first-order chi connectivity index (χ1) is 28.9. The van der Waals surface area contributed by atoms with Crippen molar-refractivity contribution in [2.75, 3.05) is 11.9 Å². The van der Waals surface area contributed by atoms with Crippen LogP contribution in [-0.2, 0) is 7.05 Å². The lowest BCUT2D eigenvalue weighted by Gasteiger charge is -2.31. The molecule has 2 aliphatic rings. The molecule has 6 aromatic rings. The molecule has 3 atom stereocenters. The summed E-state index contributed by atoms with van der Waals surface area (Å²) in [7, 11) is 2.05. The average molecular weight is 815 g/mol. The molecule has 296 valence electrons. The van der Waals surface area contributed by atoms with Crippen LogP contribution < -0.4 is 19.2 Å². The minimum absolute atomic E-state index is 0.114. The third kappa shape index (κ3) is 7.58. The van der Waals surface area contributed by atoms with Crippen molar-refractivity contribution in [2.24, 2.45) is 18.9 Å². The number of anilines is 1. The molecule has 4 heterocycles. The first-order valence-corrected chi connectivity index (χ1v) is 22.3. The number of aryl methyl sites for hydroxylation is 1. The Morgan fingerprint density at radius 3 is 2.31 bits per heavy atom. The van der Waals surface area contributed by atoms with Crippen LogP contribution in [0.5, 0.6) is 5.75 Å². The van der Waals surface area contributed by atoms with Crippen molar-refractivity contribution >= 4 is 65.6 Å². The number of ether oxygens (including phenoxy) is 1. The summed E-state index contributed by atoms with van der Waals surface area (Å²) in [6.45, 7) is 9.61. The summed E-state index contributed by atoms with van der Waals surface area (Å²) < 4.78 is 12.9. The summed E-state index contributed by atoms with van der Waals surface area (Å²) in [5.74, 6) is 1.27. The minimum Gasteiger partial charge on any atom is -0.493 e. The van der Waals surface area contributed by atoms with Gasteiger partial charge in [-0.05, 0) is 71.6 Å². The van der Waals surface area contributed by atoms with Gasteiger partial charge >= 0.3 is 0 Å². The topological polar surface area (TPSA) is 79.8 Å². The molecule has 0 fully saturated rings. The van der Waals surface area contributed by atoms with E-state index < -0.39 is 0 Å². The number of unbranched alkanes of at least 4 members (excludes halogenated alkanes) is 1. The van der Waals surface area contributed by atoms with Gasteiger partial charge in [-0.2, -0.15) is 19.7 Å². The highest BCUT2D eigenvalue weighted by Gasteiger charge is 2.47. The van der Waals surface area contributed by atoms with Crippen LogP contribution in [0, 0.1) is 34.5 Å². The van der Waals surface area contributed by atoms with E-state index in [-0.39, 0.29) is 12.1 Å². The summed E-state index contributed by atoms with van der Waals surface area (Å²) in [5, 5.41) is 27.6. The Morgan fingerprint density at radius 1 is 0.932 bits per heavy atom. The number of thiazole rings is 2. The maximum Gasteiger partial charge on any atom is 0.284 e. The number of rotatable bonds is 14. The van der Waals surface area contributed by atoms with Gasteiger partial charge in [0.25, 0.3) is 10.0 Å². The number of benzene rings is 4. The van der Waals surface area contributed by atoms with Gasteiger partial charge < -0.3 is 10.1 Å². The first kappa shape index (κ1) is 39.8. The summed E-state index contributed by atoms with van der Waals surface area (Å²) in [4.78, 5) is 2.36. The number of para-hydroxylation sites is 2. The smallest absolute Gasteiger partial charge is 0.284 e. The van der Waals surface area contributed by atoms with Crippen LogP contribution >= 0.6 is 22.7 Å². The predicted molar refractivity (Wildman–Crippen MR) is 242 cm³/mol. The number of fused-ring (bicyclic) bond motifs is 5.